The first-order valence-corrected chi connectivity index (χ1v) is 15.3. The molecule has 4 heterocycles. The average molecular weight is 535 g/mol. The van der Waals surface area contributed by atoms with Crippen LogP contribution in [-0.2, 0) is 9.53 Å². The standard InChI is InChI=1S/C31H42N4O4/c1-39-27-18-33(28(27)31(37)38)29-30(36)35(26-12-5-4-11-25(26)32-29)24-16-21-9-6-10-22(17-24)34(21)23-14-19-7-2-3-8-20(13-19)15-23/h4-5,11-12,19-24,27-28H,2-3,6-10,13-18H2,1H3,(H,37,38)/t19?,20?,21-,22-,23?,27+,28+/m1/s1. The maximum absolute atomic E-state index is 14.2. The van der Waals surface area contributed by atoms with E-state index >= 15 is 0 Å². The van der Waals surface area contributed by atoms with Crippen molar-refractivity contribution in [2.24, 2.45) is 11.8 Å². The molecule has 7 rings (SSSR count). The Morgan fingerprint density at radius 2 is 1.59 bits per heavy atom. The highest BCUT2D eigenvalue weighted by molar-refractivity contribution is 5.83. The molecule has 5 aliphatic rings. The smallest absolute Gasteiger partial charge is 0.329 e. The zero-order valence-electron chi connectivity index (χ0n) is 23.1. The van der Waals surface area contributed by atoms with E-state index in [0.29, 0.717) is 24.7 Å². The molecule has 210 valence electrons. The summed E-state index contributed by atoms with van der Waals surface area (Å²) < 4.78 is 7.36. The molecule has 0 amide bonds. The number of anilines is 1. The van der Waals surface area contributed by atoms with Crippen molar-refractivity contribution in [2.45, 2.75) is 113 Å². The zero-order chi connectivity index (χ0) is 26.7. The molecule has 1 N–H and O–H groups in total. The number of hydrogen-bond donors (Lipinski definition) is 1. The Morgan fingerprint density at radius 1 is 0.897 bits per heavy atom. The van der Waals surface area contributed by atoms with Gasteiger partial charge in [-0.15, -0.1) is 0 Å². The van der Waals surface area contributed by atoms with Crippen molar-refractivity contribution >= 4 is 22.8 Å². The number of rotatable bonds is 5. The highest BCUT2D eigenvalue weighted by Crippen LogP contribution is 2.47. The first kappa shape index (κ1) is 25.5. The molecular weight excluding hydrogens is 492 g/mol. The summed E-state index contributed by atoms with van der Waals surface area (Å²) in [7, 11) is 1.53. The Morgan fingerprint density at radius 3 is 2.26 bits per heavy atom. The van der Waals surface area contributed by atoms with Gasteiger partial charge in [0, 0.05) is 37.8 Å². The fraction of sp³-hybridized carbons (Fsp3) is 0.710. The van der Waals surface area contributed by atoms with Gasteiger partial charge in [-0.1, -0.05) is 44.2 Å². The first-order chi connectivity index (χ1) is 19.0. The van der Waals surface area contributed by atoms with Gasteiger partial charge in [-0.3, -0.25) is 9.69 Å². The molecule has 3 saturated heterocycles. The summed E-state index contributed by atoms with van der Waals surface area (Å²) >= 11 is 0. The number of carboxylic acid groups (broad SMARTS) is 1. The van der Waals surface area contributed by atoms with Gasteiger partial charge in [0.1, 0.15) is 6.10 Å². The lowest BCUT2D eigenvalue weighted by atomic mass is 9.73. The minimum absolute atomic E-state index is 0.101. The van der Waals surface area contributed by atoms with Crippen LogP contribution in [0.15, 0.2) is 29.1 Å². The van der Waals surface area contributed by atoms with Crippen molar-refractivity contribution in [3.63, 3.8) is 0 Å². The molecule has 2 aromatic rings. The number of fused-ring (bicyclic) bond motifs is 5. The Labute approximate surface area is 230 Å². The third-order valence-electron chi connectivity index (χ3n) is 10.8. The van der Waals surface area contributed by atoms with Crippen molar-refractivity contribution in [1.82, 2.24) is 14.5 Å². The van der Waals surface area contributed by atoms with Crippen LogP contribution in [0.5, 0.6) is 0 Å². The summed E-state index contributed by atoms with van der Waals surface area (Å²) in [4.78, 5) is 35.5. The summed E-state index contributed by atoms with van der Waals surface area (Å²) in [5.74, 6) is 1.07. The number of para-hydroxylation sites is 2. The monoisotopic (exact) mass is 534 g/mol. The van der Waals surface area contributed by atoms with Gasteiger partial charge in [0.05, 0.1) is 11.0 Å². The molecule has 39 heavy (non-hydrogen) atoms. The molecule has 0 spiro atoms. The number of carboxylic acids is 1. The number of hydrogen-bond acceptors (Lipinski definition) is 6. The van der Waals surface area contributed by atoms with Crippen molar-refractivity contribution in [1.29, 1.82) is 0 Å². The first-order valence-electron chi connectivity index (χ1n) is 15.3. The lowest BCUT2D eigenvalue weighted by Crippen LogP contribution is -2.66. The fourth-order valence-electron chi connectivity index (χ4n) is 9.18. The number of benzene rings is 1. The Balaban J connectivity index is 1.22. The molecule has 2 aliphatic carbocycles. The van der Waals surface area contributed by atoms with E-state index in [9.17, 15) is 14.7 Å². The van der Waals surface area contributed by atoms with Crippen LogP contribution in [0.2, 0.25) is 0 Å². The van der Waals surface area contributed by atoms with Gasteiger partial charge < -0.3 is 19.3 Å². The van der Waals surface area contributed by atoms with E-state index in [1.807, 2.05) is 28.8 Å². The molecule has 8 heteroatoms. The largest absolute Gasteiger partial charge is 0.480 e. The second-order valence-electron chi connectivity index (χ2n) is 13.0. The van der Waals surface area contributed by atoms with Crippen LogP contribution in [0.25, 0.3) is 11.0 Å². The summed E-state index contributed by atoms with van der Waals surface area (Å²) in [5, 5.41) is 9.86. The SMILES string of the molecule is CO[C@H]1CN(c2nc3ccccc3n(C3C[C@H]4CCC[C@H](C3)N4C3CC4CCCCC(C4)C3)c2=O)[C@@H]1C(=O)O. The summed E-state index contributed by atoms with van der Waals surface area (Å²) in [6.45, 7) is 0.363. The van der Waals surface area contributed by atoms with Crippen molar-refractivity contribution < 1.29 is 14.6 Å². The van der Waals surface area contributed by atoms with E-state index in [2.05, 4.69) is 4.90 Å². The van der Waals surface area contributed by atoms with E-state index in [4.69, 9.17) is 9.72 Å². The van der Waals surface area contributed by atoms with Gasteiger partial charge in [0.15, 0.2) is 11.9 Å². The van der Waals surface area contributed by atoms with Gasteiger partial charge in [0.25, 0.3) is 5.56 Å². The molecule has 2 saturated carbocycles. The fourth-order valence-corrected chi connectivity index (χ4v) is 9.18. The van der Waals surface area contributed by atoms with E-state index in [-0.39, 0.29) is 17.4 Å². The van der Waals surface area contributed by atoms with E-state index in [1.54, 1.807) is 4.90 Å². The Kier molecular flexibility index (Phi) is 6.66. The van der Waals surface area contributed by atoms with Crippen LogP contribution in [0.4, 0.5) is 5.82 Å². The molecular formula is C31H42N4O4. The molecule has 4 bridgehead atoms. The molecule has 3 aliphatic heterocycles. The number of carbonyl (C=O) groups is 1. The van der Waals surface area contributed by atoms with Gasteiger partial charge in [-0.2, -0.15) is 0 Å². The quantitative estimate of drug-likeness (QED) is 0.600. The zero-order valence-corrected chi connectivity index (χ0v) is 23.1. The minimum atomic E-state index is -0.982. The highest BCUT2D eigenvalue weighted by Gasteiger charge is 2.48. The Bertz CT molecular complexity index is 1270. The topological polar surface area (TPSA) is 87.9 Å². The predicted octanol–water partition coefficient (Wildman–Crippen LogP) is 4.60. The minimum Gasteiger partial charge on any atom is -0.480 e. The van der Waals surface area contributed by atoms with Crippen LogP contribution < -0.4 is 10.5 Å². The lowest BCUT2D eigenvalue weighted by Gasteiger charge is -2.54. The van der Waals surface area contributed by atoms with Crippen LogP contribution in [0, 0.1) is 11.8 Å². The van der Waals surface area contributed by atoms with Crippen LogP contribution in [-0.4, -0.2) is 69.5 Å². The van der Waals surface area contributed by atoms with Gasteiger partial charge in [-0.05, 0) is 68.9 Å². The van der Waals surface area contributed by atoms with E-state index in [0.717, 1.165) is 35.7 Å². The van der Waals surface area contributed by atoms with Crippen LogP contribution in [0.3, 0.4) is 0 Å². The number of methoxy groups -OCH3 is 1. The van der Waals surface area contributed by atoms with Crippen LogP contribution >= 0.6 is 0 Å². The lowest BCUT2D eigenvalue weighted by molar-refractivity contribution is -0.145. The number of ether oxygens (including phenoxy) is 1. The van der Waals surface area contributed by atoms with Gasteiger partial charge in [-0.25, -0.2) is 9.78 Å². The average Bonchev–Trinajstić information content (AvgIpc) is 3.06. The predicted molar refractivity (Wildman–Crippen MR) is 150 cm³/mol. The number of piperidine rings is 2. The maximum Gasteiger partial charge on any atom is 0.329 e. The van der Waals surface area contributed by atoms with E-state index < -0.39 is 18.1 Å². The molecule has 1 aromatic carbocycles. The molecule has 5 fully saturated rings. The molecule has 1 aromatic heterocycles. The van der Waals surface area contributed by atoms with Gasteiger partial charge in [0.2, 0.25) is 0 Å². The third-order valence-corrected chi connectivity index (χ3v) is 10.8. The van der Waals surface area contributed by atoms with Crippen molar-refractivity contribution in [2.75, 3.05) is 18.6 Å². The van der Waals surface area contributed by atoms with Crippen molar-refractivity contribution in [3.8, 4) is 0 Å². The summed E-state index contributed by atoms with van der Waals surface area (Å²) in [5.41, 5.74) is 1.46. The van der Waals surface area contributed by atoms with E-state index in [1.165, 1.54) is 71.3 Å². The second-order valence-corrected chi connectivity index (χ2v) is 13.0. The summed E-state index contributed by atoms with van der Waals surface area (Å²) in [6, 6.07) is 8.81. The molecule has 0 radical (unpaired) electrons. The number of aromatic nitrogens is 2. The third kappa shape index (κ3) is 4.38. The van der Waals surface area contributed by atoms with Crippen molar-refractivity contribution in [3.05, 3.63) is 34.6 Å². The molecule has 8 nitrogen and oxygen atoms in total. The molecule has 2 unspecified atom stereocenters. The molecule has 6 atom stereocenters. The second kappa shape index (κ2) is 10.2. The number of nitrogens with zero attached hydrogens (tertiary/aromatic N) is 4. The summed E-state index contributed by atoms with van der Waals surface area (Å²) in [6.07, 6.45) is 15.1. The Hall–Kier alpha value is -2.45. The highest BCUT2D eigenvalue weighted by atomic mass is 16.5. The van der Waals surface area contributed by atoms with Gasteiger partial charge >= 0.3 is 5.97 Å². The number of aliphatic carboxylic acids is 1. The maximum atomic E-state index is 14.2. The van der Waals surface area contributed by atoms with Crippen LogP contribution in [0.1, 0.15) is 83.1 Å². The normalized spacial score (nSPS) is 36.8.